The highest BCUT2D eigenvalue weighted by Gasteiger charge is 2.29. The molecule has 2 N–H and O–H groups in total. The third kappa shape index (κ3) is 6.49. The molecule has 0 bridgehead atoms. The standard InChI is InChI=1S/C25H43N/c1-9-12-23-22(13-11-14-24(23)25(6,7)8)21(19(4)10-2)16-15-18(3)17-20(5)26/h9,12,14,17-19,21H,10-11,13,15-16,26H2,1-8H3/b12-9+,20-17+. The van der Waals surface area contributed by atoms with Crippen molar-refractivity contribution < 1.29 is 0 Å². The third-order valence-electron chi connectivity index (χ3n) is 5.80. The molecule has 0 amide bonds. The van der Waals surface area contributed by atoms with Crippen molar-refractivity contribution in [3.8, 4) is 0 Å². The van der Waals surface area contributed by atoms with Gasteiger partial charge in [0.1, 0.15) is 0 Å². The molecule has 0 aromatic carbocycles. The van der Waals surface area contributed by atoms with Crippen LogP contribution in [0.2, 0.25) is 0 Å². The van der Waals surface area contributed by atoms with Gasteiger partial charge in [-0.3, -0.25) is 0 Å². The number of nitrogens with two attached hydrogens (primary N) is 1. The number of rotatable bonds is 8. The average molecular weight is 358 g/mol. The Morgan fingerprint density at radius 3 is 2.38 bits per heavy atom. The largest absolute Gasteiger partial charge is 0.403 e. The Balaban J connectivity index is 3.24. The van der Waals surface area contributed by atoms with Crippen LogP contribution < -0.4 is 5.73 Å². The summed E-state index contributed by atoms with van der Waals surface area (Å²) in [5.41, 5.74) is 11.8. The predicted molar refractivity (Wildman–Crippen MR) is 118 cm³/mol. The molecule has 148 valence electrons. The Kier molecular flexibility index (Phi) is 8.93. The van der Waals surface area contributed by atoms with Gasteiger partial charge in [0, 0.05) is 5.70 Å². The predicted octanol–water partition coefficient (Wildman–Crippen LogP) is 7.57. The van der Waals surface area contributed by atoms with E-state index in [1.807, 2.05) is 6.92 Å². The maximum atomic E-state index is 5.89. The fourth-order valence-electron chi connectivity index (χ4n) is 4.31. The first-order valence-corrected chi connectivity index (χ1v) is 10.6. The van der Waals surface area contributed by atoms with Gasteiger partial charge in [-0.25, -0.2) is 0 Å². The van der Waals surface area contributed by atoms with Gasteiger partial charge in [-0.2, -0.15) is 0 Å². The summed E-state index contributed by atoms with van der Waals surface area (Å²) in [5, 5.41) is 0. The van der Waals surface area contributed by atoms with Gasteiger partial charge < -0.3 is 5.73 Å². The Morgan fingerprint density at radius 2 is 1.88 bits per heavy atom. The van der Waals surface area contributed by atoms with Crippen LogP contribution in [0.3, 0.4) is 0 Å². The fourth-order valence-corrected chi connectivity index (χ4v) is 4.31. The minimum Gasteiger partial charge on any atom is -0.403 e. The van der Waals surface area contributed by atoms with Crippen LogP contribution in [0.1, 0.15) is 87.5 Å². The van der Waals surface area contributed by atoms with Crippen molar-refractivity contribution in [1.82, 2.24) is 0 Å². The molecule has 1 rings (SSSR count). The molecule has 1 aliphatic rings. The van der Waals surface area contributed by atoms with Gasteiger partial charge in [0.15, 0.2) is 0 Å². The lowest BCUT2D eigenvalue weighted by Crippen LogP contribution is -2.22. The van der Waals surface area contributed by atoms with E-state index >= 15 is 0 Å². The van der Waals surface area contributed by atoms with E-state index in [4.69, 9.17) is 5.73 Å². The van der Waals surface area contributed by atoms with Crippen molar-refractivity contribution in [3.05, 3.63) is 46.7 Å². The normalized spacial score (nSPS) is 20.3. The highest BCUT2D eigenvalue weighted by Crippen LogP contribution is 2.43. The summed E-state index contributed by atoms with van der Waals surface area (Å²) < 4.78 is 0. The Labute approximate surface area is 163 Å². The molecular weight excluding hydrogens is 314 g/mol. The topological polar surface area (TPSA) is 26.0 Å². The van der Waals surface area contributed by atoms with Crippen LogP contribution in [-0.2, 0) is 0 Å². The maximum Gasteiger partial charge on any atom is 0.00110 e. The summed E-state index contributed by atoms with van der Waals surface area (Å²) in [7, 11) is 0. The summed E-state index contributed by atoms with van der Waals surface area (Å²) in [4.78, 5) is 0. The van der Waals surface area contributed by atoms with Crippen molar-refractivity contribution in [2.24, 2.45) is 28.9 Å². The van der Waals surface area contributed by atoms with Crippen LogP contribution >= 0.6 is 0 Å². The molecular formula is C25H43N. The van der Waals surface area contributed by atoms with Crippen LogP contribution in [0.15, 0.2) is 46.7 Å². The lowest BCUT2D eigenvalue weighted by Gasteiger charge is -2.35. The zero-order valence-corrected chi connectivity index (χ0v) is 18.7. The molecule has 0 aromatic rings. The number of allylic oxidation sites excluding steroid dienone is 8. The second kappa shape index (κ2) is 10.2. The first kappa shape index (κ1) is 22.8. The van der Waals surface area contributed by atoms with Gasteiger partial charge in [0.05, 0.1) is 0 Å². The molecule has 3 unspecified atom stereocenters. The van der Waals surface area contributed by atoms with Crippen molar-refractivity contribution in [3.63, 3.8) is 0 Å². The van der Waals surface area contributed by atoms with Gasteiger partial charge in [-0.1, -0.05) is 77.8 Å². The molecule has 0 heterocycles. The molecule has 0 spiro atoms. The highest BCUT2D eigenvalue weighted by molar-refractivity contribution is 5.49. The van der Waals surface area contributed by atoms with Crippen molar-refractivity contribution in [1.29, 1.82) is 0 Å². The summed E-state index contributed by atoms with van der Waals surface area (Å²) in [5.74, 6) is 1.95. The van der Waals surface area contributed by atoms with Crippen LogP contribution in [0.4, 0.5) is 0 Å². The summed E-state index contributed by atoms with van der Waals surface area (Å²) >= 11 is 0. The molecule has 1 nitrogen and oxygen atoms in total. The van der Waals surface area contributed by atoms with E-state index in [-0.39, 0.29) is 5.41 Å². The lowest BCUT2D eigenvalue weighted by atomic mass is 9.70. The molecule has 0 saturated carbocycles. The summed E-state index contributed by atoms with van der Waals surface area (Å²) in [6, 6.07) is 0. The number of hydrogen-bond donors (Lipinski definition) is 1. The lowest BCUT2D eigenvalue weighted by molar-refractivity contribution is 0.342. The maximum absolute atomic E-state index is 5.89. The molecule has 1 aliphatic carbocycles. The van der Waals surface area contributed by atoms with Gasteiger partial charge in [0.2, 0.25) is 0 Å². The smallest absolute Gasteiger partial charge is 0.00110 e. The minimum atomic E-state index is 0.202. The van der Waals surface area contributed by atoms with Crippen LogP contribution in [0, 0.1) is 23.2 Å². The second-order valence-electron chi connectivity index (χ2n) is 9.30. The van der Waals surface area contributed by atoms with E-state index in [9.17, 15) is 0 Å². The Hall–Kier alpha value is -1.24. The molecule has 1 heteroatoms. The van der Waals surface area contributed by atoms with Crippen molar-refractivity contribution in [2.45, 2.75) is 87.5 Å². The highest BCUT2D eigenvalue weighted by atomic mass is 14.5. The SMILES string of the molecule is C/C=C/C1=C(C(CCC(C)/C=C(\C)N)C(C)CC)CCC=C1C(C)(C)C. The van der Waals surface area contributed by atoms with E-state index in [1.54, 1.807) is 5.57 Å². The van der Waals surface area contributed by atoms with Crippen molar-refractivity contribution in [2.75, 3.05) is 0 Å². The van der Waals surface area contributed by atoms with Crippen LogP contribution in [0.25, 0.3) is 0 Å². The Morgan fingerprint density at radius 1 is 1.23 bits per heavy atom. The van der Waals surface area contributed by atoms with Crippen LogP contribution in [-0.4, -0.2) is 0 Å². The quantitative estimate of drug-likeness (QED) is 0.476. The van der Waals surface area contributed by atoms with E-state index in [0.29, 0.717) is 11.8 Å². The zero-order valence-electron chi connectivity index (χ0n) is 18.7. The first-order valence-electron chi connectivity index (χ1n) is 10.6. The molecule has 0 radical (unpaired) electrons. The molecule has 0 aromatic heterocycles. The van der Waals surface area contributed by atoms with Crippen molar-refractivity contribution >= 4 is 0 Å². The van der Waals surface area contributed by atoms with E-state index in [0.717, 1.165) is 11.6 Å². The molecule has 0 aliphatic heterocycles. The summed E-state index contributed by atoms with van der Waals surface area (Å²) in [6.07, 6.45) is 15.4. The van der Waals surface area contributed by atoms with E-state index in [2.05, 4.69) is 72.8 Å². The van der Waals surface area contributed by atoms with E-state index < -0.39 is 0 Å². The zero-order chi connectivity index (χ0) is 19.9. The second-order valence-corrected chi connectivity index (χ2v) is 9.30. The minimum absolute atomic E-state index is 0.202. The summed E-state index contributed by atoms with van der Waals surface area (Å²) in [6.45, 7) is 18.3. The van der Waals surface area contributed by atoms with Gasteiger partial charge in [-0.05, 0) is 73.8 Å². The molecule has 26 heavy (non-hydrogen) atoms. The van der Waals surface area contributed by atoms with Crippen LogP contribution in [0.5, 0.6) is 0 Å². The fraction of sp³-hybridized carbons (Fsp3) is 0.680. The molecule has 3 atom stereocenters. The van der Waals surface area contributed by atoms with Gasteiger partial charge >= 0.3 is 0 Å². The van der Waals surface area contributed by atoms with Gasteiger partial charge in [-0.15, -0.1) is 0 Å². The number of hydrogen-bond acceptors (Lipinski definition) is 1. The average Bonchev–Trinajstić information content (AvgIpc) is 2.54. The van der Waals surface area contributed by atoms with Gasteiger partial charge in [0.25, 0.3) is 0 Å². The van der Waals surface area contributed by atoms with E-state index in [1.165, 1.54) is 43.3 Å². The molecule has 0 saturated heterocycles. The third-order valence-corrected chi connectivity index (χ3v) is 5.80. The monoisotopic (exact) mass is 357 g/mol. The molecule has 0 fully saturated rings. The Bertz CT molecular complexity index is 561. The first-order chi connectivity index (χ1) is 12.1.